The first kappa shape index (κ1) is 16.9. The van der Waals surface area contributed by atoms with Gasteiger partial charge in [-0.2, -0.15) is 0 Å². The van der Waals surface area contributed by atoms with Crippen LogP contribution < -0.4 is 5.32 Å². The van der Waals surface area contributed by atoms with Gasteiger partial charge in [0.15, 0.2) is 0 Å². The molecule has 22 heavy (non-hydrogen) atoms. The van der Waals surface area contributed by atoms with Crippen LogP contribution in [0.25, 0.3) is 0 Å². The van der Waals surface area contributed by atoms with Crippen molar-refractivity contribution in [3.8, 4) is 0 Å². The summed E-state index contributed by atoms with van der Waals surface area (Å²) >= 11 is 0. The fourth-order valence-electron chi connectivity index (χ4n) is 2.49. The van der Waals surface area contributed by atoms with Crippen LogP contribution in [-0.4, -0.2) is 61.4 Å². The lowest BCUT2D eigenvalue weighted by molar-refractivity contribution is -0.122. The Balaban J connectivity index is 1.78. The summed E-state index contributed by atoms with van der Waals surface area (Å²) in [6.07, 6.45) is -0.644. The molecule has 2 rings (SSSR count). The molecule has 1 saturated heterocycles. The molecule has 5 nitrogen and oxygen atoms in total. The van der Waals surface area contributed by atoms with Gasteiger partial charge in [-0.05, 0) is 18.6 Å². The number of β-amino-alcohol motifs (C(OH)–C–C–N with tert-alkyl or cyclic N) is 1. The molecule has 0 bridgehead atoms. The normalized spacial score (nSPS) is 18.7. The van der Waals surface area contributed by atoms with Crippen molar-refractivity contribution in [2.45, 2.75) is 18.9 Å². The molecule has 0 aliphatic carbocycles. The predicted molar refractivity (Wildman–Crippen MR) is 81.1 cm³/mol. The van der Waals surface area contributed by atoms with Crippen LogP contribution in [0.2, 0.25) is 0 Å². The molecular weight excluding hydrogens is 287 g/mol. The Bertz CT molecular complexity index is 492. The van der Waals surface area contributed by atoms with E-state index in [-0.39, 0.29) is 18.3 Å². The SMILES string of the molecule is CC(C(=O)NCC(O)CN1CCOCC1)c1ccccc1F. The van der Waals surface area contributed by atoms with Gasteiger partial charge in [0.2, 0.25) is 5.91 Å². The van der Waals surface area contributed by atoms with E-state index in [0.29, 0.717) is 25.3 Å². The summed E-state index contributed by atoms with van der Waals surface area (Å²) in [5, 5.41) is 12.7. The summed E-state index contributed by atoms with van der Waals surface area (Å²) in [6, 6.07) is 6.24. The average molecular weight is 310 g/mol. The summed E-state index contributed by atoms with van der Waals surface area (Å²) in [4.78, 5) is 14.2. The molecule has 1 amide bonds. The molecule has 0 aromatic heterocycles. The Morgan fingerprint density at radius 2 is 2.09 bits per heavy atom. The lowest BCUT2D eigenvalue weighted by Crippen LogP contribution is -2.45. The number of nitrogens with zero attached hydrogens (tertiary/aromatic N) is 1. The zero-order valence-corrected chi connectivity index (χ0v) is 12.8. The molecule has 1 aromatic rings. The van der Waals surface area contributed by atoms with Crippen molar-refractivity contribution < 1.29 is 19.0 Å². The molecule has 0 saturated carbocycles. The van der Waals surface area contributed by atoms with Crippen molar-refractivity contribution in [2.75, 3.05) is 39.4 Å². The molecule has 6 heteroatoms. The van der Waals surface area contributed by atoms with Gasteiger partial charge in [-0.15, -0.1) is 0 Å². The smallest absolute Gasteiger partial charge is 0.227 e. The van der Waals surface area contributed by atoms with Gasteiger partial charge in [-0.25, -0.2) is 4.39 Å². The third-order valence-corrected chi connectivity index (χ3v) is 3.85. The summed E-state index contributed by atoms with van der Waals surface area (Å²) in [6.45, 7) is 5.23. The van der Waals surface area contributed by atoms with E-state index in [1.165, 1.54) is 6.07 Å². The molecule has 1 aliphatic heterocycles. The second-order valence-electron chi connectivity index (χ2n) is 5.56. The summed E-state index contributed by atoms with van der Waals surface area (Å²) in [7, 11) is 0. The highest BCUT2D eigenvalue weighted by Gasteiger charge is 2.20. The maximum atomic E-state index is 13.7. The van der Waals surface area contributed by atoms with Crippen molar-refractivity contribution >= 4 is 5.91 Å². The number of amides is 1. The minimum absolute atomic E-state index is 0.162. The molecule has 1 aliphatic rings. The Morgan fingerprint density at radius 3 is 2.77 bits per heavy atom. The number of nitrogens with one attached hydrogen (secondary N) is 1. The molecule has 0 spiro atoms. The third kappa shape index (κ3) is 4.76. The minimum Gasteiger partial charge on any atom is -0.390 e. The first-order chi connectivity index (χ1) is 10.6. The topological polar surface area (TPSA) is 61.8 Å². The van der Waals surface area contributed by atoms with Crippen molar-refractivity contribution in [2.24, 2.45) is 0 Å². The molecular formula is C16H23FN2O3. The molecule has 1 heterocycles. The second-order valence-corrected chi connectivity index (χ2v) is 5.56. The number of aliphatic hydroxyl groups is 1. The minimum atomic E-state index is -0.644. The first-order valence-electron chi connectivity index (χ1n) is 7.58. The van der Waals surface area contributed by atoms with Crippen LogP contribution in [0.1, 0.15) is 18.4 Å². The highest BCUT2D eigenvalue weighted by Crippen LogP contribution is 2.18. The van der Waals surface area contributed by atoms with E-state index in [1.54, 1.807) is 25.1 Å². The van der Waals surface area contributed by atoms with Crippen molar-refractivity contribution in [1.29, 1.82) is 0 Å². The van der Waals surface area contributed by atoms with E-state index in [1.807, 2.05) is 0 Å². The number of morpholine rings is 1. The zero-order valence-electron chi connectivity index (χ0n) is 12.8. The third-order valence-electron chi connectivity index (χ3n) is 3.85. The summed E-state index contributed by atoms with van der Waals surface area (Å²) < 4.78 is 18.9. The second kappa shape index (κ2) is 8.22. The Hall–Kier alpha value is -1.50. The van der Waals surface area contributed by atoms with Crippen molar-refractivity contribution in [1.82, 2.24) is 10.2 Å². The van der Waals surface area contributed by atoms with Gasteiger partial charge in [-0.1, -0.05) is 18.2 Å². The highest BCUT2D eigenvalue weighted by atomic mass is 19.1. The van der Waals surface area contributed by atoms with E-state index >= 15 is 0 Å². The quantitative estimate of drug-likeness (QED) is 0.813. The van der Waals surface area contributed by atoms with Crippen LogP contribution in [0.3, 0.4) is 0 Å². The number of carbonyl (C=O) groups is 1. The number of carbonyl (C=O) groups excluding carboxylic acids is 1. The lowest BCUT2D eigenvalue weighted by Gasteiger charge is -2.28. The lowest BCUT2D eigenvalue weighted by atomic mass is 10.00. The number of benzene rings is 1. The largest absolute Gasteiger partial charge is 0.390 e. The summed E-state index contributed by atoms with van der Waals surface area (Å²) in [5.41, 5.74) is 0.364. The molecule has 122 valence electrons. The Kier molecular flexibility index (Phi) is 6.30. The standard InChI is InChI=1S/C16H23FN2O3/c1-12(14-4-2-3-5-15(14)17)16(21)18-10-13(20)11-19-6-8-22-9-7-19/h2-5,12-13,20H,6-11H2,1H3,(H,18,21). The van der Waals surface area contributed by atoms with E-state index in [9.17, 15) is 14.3 Å². The maximum Gasteiger partial charge on any atom is 0.227 e. The van der Waals surface area contributed by atoms with Gasteiger partial charge in [0.1, 0.15) is 5.82 Å². The monoisotopic (exact) mass is 310 g/mol. The highest BCUT2D eigenvalue weighted by molar-refractivity contribution is 5.83. The van der Waals surface area contributed by atoms with E-state index < -0.39 is 12.0 Å². The van der Waals surface area contributed by atoms with Crippen molar-refractivity contribution in [3.63, 3.8) is 0 Å². The van der Waals surface area contributed by atoms with Gasteiger partial charge >= 0.3 is 0 Å². The number of aliphatic hydroxyl groups excluding tert-OH is 1. The summed E-state index contributed by atoms with van der Waals surface area (Å²) in [5.74, 6) is -1.26. The van der Waals surface area contributed by atoms with Gasteiger partial charge in [0, 0.05) is 26.2 Å². The van der Waals surface area contributed by atoms with E-state index in [4.69, 9.17) is 4.74 Å². The van der Waals surface area contributed by atoms with Crippen molar-refractivity contribution in [3.05, 3.63) is 35.6 Å². The number of rotatable bonds is 6. The molecule has 2 unspecified atom stereocenters. The molecule has 2 N–H and O–H groups in total. The van der Waals surface area contributed by atoms with E-state index in [0.717, 1.165) is 13.1 Å². The average Bonchev–Trinajstić information content (AvgIpc) is 2.53. The molecule has 0 radical (unpaired) electrons. The molecule has 1 fully saturated rings. The van der Waals surface area contributed by atoms with Crippen LogP contribution in [0.15, 0.2) is 24.3 Å². The van der Waals surface area contributed by atoms with E-state index in [2.05, 4.69) is 10.2 Å². The van der Waals surface area contributed by atoms with Crippen LogP contribution in [0, 0.1) is 5.82 Å². The predicted octanol–water partition coefficient (Wildman–Crippen LogP) is 0.739. The van der Waals surface area contributed by atoms with Crippen LogP contribution in [-0.2, 0) is 9.53 Å². The van der Waals surface area contributed by atoms with Gasteiger partial charge in [-0.3, -0.25) is 9.69 Å². The fourth-order valence-corrected chi connectivity index (χ4v) is 2.49. The number of hydrogen-bond donors (Lipinski definition) is 2. The van der Waals surface area contributed by atoms with Crippen LogP contribution >= 0.6 is 0 Å². The van der Waals surface area contributed by atoms with Crippen LogP contribution in [0.5, 0.6) is 0 Å². The van der Waals surface area contributed by atoms with Gasteiger partial charge in [0.25, 0.3) is 0 Å². The van der Waals surface area contributed by atoms with Crippen LogP contribution in [0.4, 0.5) is 4.39 Å². The fraction of sp³-hybridized carbons (Fsp3) is 0.562. The zero-order chi connectivity index (χ0) is 15.9. The first-order valence-corrected chi connectivity index (χ1v) is 7.58. The number of ether oxygens (including phenoxy) is 1. The molecule has 2 atom stereocenters. The Labute approximate surface area is 130 Å². The van der Waals surface area contributed by atoms with Gasteiger partial charge < -0.3 is 15.2 Å². The van der Waals surface area contributed by atoms with Gasteiger partial charge in [0.05, 0.1) is 25.2 Å². The number of halogens is 1. The maximum absolute atomic E-state index is 13.7. The Morgan fingerprint density at radius 1 is 1.41 bits per heavy atom. The number of hydrogen-bond acceptors (Lipinski definition) is 4. The molecule has 1 aromatic carbocycles.